The minimum absolute atomic E-state index is 0.398. The van der Waals surface area contributed by atoms with Crippen LogP contribution in [0.4, 0.5) is 0 Å². The molecule has 0 aromatic carbocycles. The molecule has 0 spiro atoms. The average molecular weight is 353 g/mol. The zero-order valence-corrected chi connectivity index (χ0v) is 16.6. The van der Waals surface area contributed by atoms with E-state index in [1.807, 2.05) is 39.3 Å². The summed E-state index contributed by atoms with van der Waals surface area (Å²) in [7, 11) is -5.50. The molecule has 1 saturated heterocycles. The van der Waals surface area contributed by atoms with Gasteiger partial charge in [-0.1, -0.05) is 0 Å². The molecule has 0 amide bonds. The smallest absolute Gasteiger partial charge is 0.367 e. The van der Waals surface area contributed by atoms with Crippen LogP contribution in [0.3, 0.4) is 0 Å². The maximum Gasteiger partial charge on any atom is 0.367 e. The largest absolute Gasteiger partial charge is 0.435 e. The van der Waals surface area contributed by atoms with Crippen molar-refractivity contribution in [2.75, 3.05) is 7.11 Å². The highest BCUT2D eigenvalue weighted by Crippen LogP contribution is 2.29. The first kappa shape index (κ1) is 18.7. The maximum absolute atomic E-state index is 11.2. The highest BCUT2D eigenvalue weighted by molar-refractivity contribution is 6.82. The van der Waals surface area contributed by atoms with Crippen LogP contribution in [0, 0.1) is 5.92 Å². The number of carbonyl (C=O) groups excluding carboxylic acids is 2. The van der Waals surface area contributed by atoms with Crippen LogP contribution in [0.15, 0.2) is 0 Å². The molecule has 122 valence electrons. The van der Waals surface area contributed by atoms with E-state index in [0.29, 0.717) is 6.04 Å². The highest BCUT2D eigenvalue weighted by atomic mass is 28.4. The predicted molar refractivity (Wildman–Crippen MR) is 82.1 cm³/mol. The Kier molecular flexibility index (Phi) is 5.69. The molecule has 0 aromatic rings. The summed E-state index contributed by atoms with van der Waals surface area (Å²) in [4.78, 5) is 22.5. The quantitative estimate of drug-likeness (QED) is 0.217. The van der Waals surface area contributed by atoms with Crippen LogP contribution in [-0.4, -0.2) is 44.5 Å². The van der Waals surface area contributed by atoms with Crippen LogP contribution in [-0.2, 0) is 32.0 Å². The molecule has 0 saturated carbocycles. The third-order valence-corrected chi connectivity index (χ3v) is 10.6. The van der Waals surface area contributed by atoms with Gasteiger partial charge in [0.1, 0.15) is 0 Å². The number of carbonyl (C=O) groups is 2. The van der Waals surface area contributed by atoms with Crippen LogP contribution in [0.25, 0.3) is 0 Å². The van der Waals surface area contributed by atoms with Gasteiger partial charge in [0.05, 0.1) is 0 Å². The molecule has 0 aliphatic carbocycles. The number of esters is 2. The molecule has 1 fully saturated rings. The minimum atomic E-state index is -2.53. The SMILES string of the molecule is CO[Si](C)(C)OO[Si](C)(C)O[Si](C)(C)CC1C(=O)OC1=O. The fraction of sp³-hybridized carbons (Fsp3) is 0.818. The van der Waals surface area contributed by atoms with Crippen LogP contribution >= 0.6 is 0 Å². The summed E-state index contributed by atoms with van der Waals surface area (Å²) >= 11 is 0. The van der Waals surface area contributed by atoms with Gasteiger partial charge in [-0.3, -0.25) is 18.7 Å². The van der Waals surface area contributed by atoms with E-state index in [1.54, 1.807) is 7.11 Å². The van der Waals surface area contributed by atoms with Gasteiger partial charge in [0.2, 0.25) is 0 Å². The Balaban J connectivity index is 2.55. The van der Waals surface area contributed by atoms with Crippen molar-refractivity contribution in [2.45, 2.75) is 45.3 Å². The van der Waals surface area contributed by atoms with Crippen molar-refractivity contribution in [3.63, 3.8) is 0 Å². The Morgan fingerprint density at radius 3 is 1.86 bits per heavy atom. The lowest BCUT2D eigenvalue weighted by atomic mass is 10.1. The van der Waals surface area contributed by atoms with Crippen molar-refractivity contribution in [3.8, 4) is 0 Å². The lowest BCUT2D eigenvalue weighted by molar-refractivity contribution is -0.182. The monoisotopic (exact) mass is 352 g/mol. The van der Waals surface area contributed by atoms with Gasteiger partial charge in [-0.2, -0.15) is 0 Å². The summed E-state index contributed by atoms with van der Waals surface area (Å²) in [6.45, 7) is 11.4. The second-order valence-corrected chi connectivity index (χ2v) is 17.6. The molecule has 21 heavy (non-hydrogen) atoms. The molecule has 0 N–H and O–H groups in total. The molecule has 0 atom stereocenters. The molecule has 1 aliphatic heterocycles. The van der Waals surface area contributed by atoms with E-state index in [4.69, 9.17) is 17.7 Å². The number of cyclic esters (lactones) is 2. The van der Waals surface area contributed by atoms with Gasteiger partial charge in [0.15, 0.2) is 14.2 Å². The summed E-state index contributed by atoms with van der Waals surface area (Å²) in [5.41, 5.74) is 0. The minimum Gasteiger partial charge on any atom is -0.435 e. The predicted octanol–water partition coefficient (Wildman–Crippen LogP) is 1.91. The molecule has 1 aliphatic rings. The van der Waals surface area contributed by atoms with Gasteiger partial charge in [-0.05, 0) is 45.3 Å². The first-order valence-corrected chi connectivity index (χ1v) is 15.5. The molecular weight excluding hydrogens is 328 g/mol. The number of rotatable bonds is 8. The Morgan fingerprint density at radius 2 is 1.43 bits per heavy atom. The summed E-state index contributed by atoms with van der Waals surface area (Å²) in [5, 5.41) is 0. The molecule has 0 radical (unpaired) electrons. The second kappa shape index (κ2) is 6.40. The van der Waals surface area contributed by atoms with E-state index in [1.165, 1.54) is 0 Å². The Morgan fingerprint density at radius 1 is 0.952 bits per heavy atom. The Labute approximate surface area is 128 Å². The van der Waals surface area contributed by atoms with Crippen LogP contribution in [0.5, 0.6) is 0 Å². The van der Waals surface area contributed by atoms with Crippen molar-refractivity contribution in [2.24, 2.45) is 5.92 Å². The van der Waals surface area contributed by atoms with Crippen molar-refractivity contribution in [1.29, 1.82) is 0 Å². The lowest BCUT2D eigenvalue weighted by Crippen LogP contribution is -2.52. The van der Waals surface area contributed by atoms with E-state index >= 15 is 0 Å². The van der Waals surface area contributed by atoms with Crippen LogP contribution in [0.1, 0.15) is 0 Å². The third-order valence-electron chi connectivity index (χ3n) is 2.92. The summed E-state index contributed by atoms with van der Waals surface area (Å²) < 4.78 is 26.6. The first-order valence-electron chi connectivity index (χ1n) is 6.75. The van der Waals surface area contributed by atoms with Crippen LogP contribution in [0.2, 0.25) is 45.3 Å². The van der Waals surface area contributed by atoms with Gasteiger partial charge >= 0.3 is 29.1 Å². The molecule has 1 rings (SSSR count). The zero-order chi connectivity index (χ0) is 16.5. The molecule has 10 heteroatoms. The molecule has 0 aromatic heterocycles. The number of hydrogen-bond donors (Lipinski definition) is 0. The summed E-state index contributed by atoms with van der Waals surface area (Å²) in [6, 6.07) is 0.398. The molecule has 7 nitrogen and oxygen atoms in total. The third kappa shape index (κ3) is 5.73. The van der Waals surface area contributed by atoms with Crippen molar-refractivity contribution < 1.29 is 32.0 Å². The van der Waals surface area contributed by atoms with Gasteiger partial charge in [-0.15, -0.1) is 0 Å². The Bertz CT molecular complexity index is 408. The van der Waals surface area contributed by atoms with Gasteiger partial charge in [0.25, 0.3) is 0 Å². The maximum atomic E-state index is 11.2. The van der Waals surface area contributed by atoms with E-state index in [9.17, 15) is 9.59 Å². The summed E-state index contributed by atoms with van der Waals surface area (Å²) in [5.74, 6) is -1.61. The van der Waals surface area contributed by atoms with Crippen molar-refractivity contribution in [1.82, 2.24) is 0 Å². The van der Waals surface area contributed by atoms with E-state index in [-0.39, 0.29) is 0 Å². The number of hydrogen-bond acceptors (Lipinski definition) is 7. The summed E-state index contributed by atoms with van der Waals surface area (Å²) in [6.07, 6.45) is 0. The fourth-order valence-corrected chi connectivity index (χ4v) is 10.7. The van der Waals surface area contributed by atoms with Gasteiger partial charge in [0, 0.05) is 7.11 Å². The normalized spacial score (nSPS) is 17.7. The number of ether oxygens (including phenoxy) is 1. The molecule has 0 unspecified atom stereocenters. The van der Waals surface area contributed by atoms with E-state index in [0.717, 1.165) is 0 Å². The second-order valence-electron chi connectivity index (χ2n) is 6.53. The van der Waals surface area contributed by atoms with Crippen molar-refractivity contribution >= 4 is 37.4 Å². The van der Waals surface area contributed by atoms with E-state index < -0.39 is 43.3 Å². The molecule has 0 bridgehead atoms. The average Bonchev–Trinajstić information content (AvgIpc) is 2.33. The standard InChI is InChI=1S/C11H24O7Si3/c1-14-20(4,5)16-17-21(6,7)18-19(2,3)8-9-10(12)15-11(9)13/h9H,8H2,1-7H3. The van der Waals surface area contributed by atoms with E-state index in [2.05, 4.69) is 4.74 Å². The van der Waals surface area contributed by atoms with Gasteiger partial charge < -0.3 is 13.3 Å². The topological polar surface area (TPSA) is 80.3 Å². The van der Waals surface area contributed by atoms with Crippen molar-refractivity contribution in [3.05, 3.63) is 0 Å². The molecule has 1 heterocycles. The highest BCUT2D eigenvalue weighted by Gasteiger charge is 2.48. The molecular formula is C11H24O7Si3. The zero-order valence-electron chi connectivity index (χ0n) is 13.6. The first-order chi connectivity index (χ1) is 9.37. The lowest BCUT2D eigenvalue weighted by Gasteiger charge is -2.36. The van der Waals surface area contributed by atoms with Crippen LogP contribution < -0.4 is 0 Å². The van der Waals surface area contributed by atoms with Gasteiger partial charge in [-0.25, -0.2) is 0 Å². The Hall–Kier alpha value is -0.369. The fourth-order valence-electron chi connectivity index (χ4n) is 1.90.